The van der Waals surface area contributed by atoms with E-state index in [0.717, 1.165) is 24.8 Å². The standard InChI is InChI=1S/C13H24BrNO2/c1-13(2,3)17-12(16)15-9-5-7-11(10-15)6-4-8-14/h11H,4-10H2,1-3H3/t11-/m1/s1. The predicted octanol–water partition coefficient (Wildman–Crippen LogP) is 3.81. The summed E-state index contributed by atoms with van der Waals surface area (Å²) in [5, 5.41) is 1.05. The third-order valence-corrected chi connectivity index (χ3v) is 3.48. The lowest BCUT2D eigenvalue weighted by molar-refractivity contribution is 0.0161. The maximum Gasteiger partial charge on any atom is 0.410 e. The second kappa shape index (κ2) is 6.62. The van der Waals surface area contributed by atoms with Crippen molar-refractivity contribution in [3.8, 4) is 0 Å². The molecule has 0 radical (unpaired) electrons. The lowest BCUT2D eigenvalue weighted by atomic mass is 9.94. The Kier molecular flexibility index (Phi) is 5.77. The van der Waals surface area contributed by atoms with Gasteiger partial charge in [-0.05, 0) is 52.4 Å². The summed E-state index contributed by atoms with van der Waals surface area (Å²) in [5.74, 6) is 0.647. The fraction of sp³-hybridized carbons (Fsp3) is 0.923. The monoisotopic (exact) mass is 305 g/mol. The fourth-order valence-electron chi connectivity index (χ4n) is 2.16. The molecule has 1 atom stereocenters. The smallest absolute Gasteiger partial charge is 0.410 e. The summed E-state index contributed by atoms with van der Waals surface area (Å²) in [6.07, 6.45) is 4.58. The molecular formula is C13H24BrNO2. The van der Waals surface area contributed by atoms with Crippen LogP contribution in [0.5, 0.6) is 0 Å². The van der Waals surface area contributed by atoms with E-state index < -0.39 is 0 Å². The van der Waals surface area contributed by atoms with Crippen LogP contribution in [0.25, 0.3) is 0 Å². The molecule has 0 N–H and O–H groups in total. The molecule has 1 saturated heterocycles. The van der Waals surface area contributed by atoms with Gasteiger partial charge in [0, 0.05) is 18.4 Å². The number of ether oxygens (including phenoxy) is 1. The molecule has 1 fully saturated rings. The number of halogens is 1. The topological polar surface area (TPSA) is 29.5 Å². The Bertz CT molecular complexity index is 250. The third-order valence-electron chi connectivity index (χ3n) is 2.92. The van der Waals surface area contributed by atoms with Crippen LogP contribution in [0.15, 0.2) is 0 Å². The molecule has 0 spiro atoms. The maximum absolute atomic E-state index is 11.9. The van der Waals surface area contributed by atoms with Gasteiger partial charge in [0.2, 0.25) is 0 Å². The lowest BCUT2D eigenvalue weighted by Crippen LogP contribution is -2.42. The van der Waals surface area contributed by atoms with Gasteiger partial charge in [-0.3, -0.25) is 0 Å². The van der Waals surface area contributed by atoms with Crippen molar-refractivity contribution in [2.24, 2.45) is 5.92 Å². The summed E-state index contributed by atoms with van der Waals surface area (Å²) in [6, 6.07) is 0. The molecule has 1 heterocycles. The number of rotatable bonds is 3. The van der Waals surface area contributed by atoms with E-state index in [1.54, 1.807) is 0 Å². The van der Waals surface area contributed by atoms with Crippen molar-refractivity contribution in [3.05, 3.63) is 0 Å². The van der Waals surface area contributed by atoms with Gasteiger partial charge < -0.3 is 9.64 Å². The van der Waals surface area contributed by atoms with Gasteiger partial charge in [-0.2, -0.15) is 0 Å². The molecule has 1 amide bonds. The highest BCUT2D eigenvalue weighted by atomic mass is 79.9. The van der Waals surface area contributed by atoms with Gasteiger partial charge >= 0.3 is 6.09 Å². The second-order valence-corrected chi connectivity index (χ2v) is 6.56. The number of hydrogen-bond donors (Lipinski definition) is 0. The predicted molar refractivity (Wildman–Crippen MR) is 73.6 cm³/mol. The molecule has 1 rings (SSSR count). The molecule has 0 aromatic heterocycles. The number of alkyl halides is 1. The molecular weight excluding hydrogens is 282 g/mol. The van der Waals surface area contributed by atoms with E-state index in [9.17, 15) is 4.79 Å². The minimum absolute atomic E-state index is 0.152. The van der Waals surface area contributed by atoms with Crippen molar-refractivity contribution in [2.75, 3.05) is 18.4 Å². The Morgan fingerprint density at radius 2 is 2.18 bits per heavy atom. The van der Waals surface area contributed by atoms with Crippen molar-refractivity contribution in [3.63, 3.8) is 0 Å². The maximum atomic E-state index is 11.9. The number of nitrogens with zero attached hydrogens (tertiary/aromatic N) is 1. The van der Waals surface area contributed by atoms with Crippen molar-refractivity contribution in [1.82, 2.24) is 4.90 Å². The van der Waals surface area contributed by atoms with Crippen molar-refractivity contribution in [1.29, 1.82) is 0 Å². The Labute approximate surface area is 113 Å². The van der Waals surface area contributed by atoms with Gasteiger partial charge in [-0.25, -0.2) is 4.79 Å². The largest absolute Gasteiger partial charge is 0.444 e. The van der Waals surface area contributed by atoms with Crippen LogP contribution in [0.1, 0.15) is 46.5 Å². The Hall–Kier alpha value is -0.250. The van der Waals surface area contributed by atoms with Crippen LogP contribution >= 0.6 is 15.9 Å². The number of likely N-dealkylation sites (tertiary alicyclic amines) is 1. The van der Waals surface area contributed by atoms with Gasteiger partial charge in [-0.1, -0.05) is 15.9 Å². The lowest BCUT2D eigenvalue weighted by Gasteiger charge is -2.34. The van der Waals surface area contributed by atoms with Gasteiger partial charge in [0.1, 0.15) is 5.60 Å². The molecule has 100 valence electrons. The van der Waals surface area contributed by atoms with E-state index >= 15 is 0 Å². The molecule has 0 aromatic carbocycles. The molecule has 17 heavy (non-hydrogen) atoms. The molecule has 0 bridgehead atoms. The van der Waals surface area contributed by atoms with Gasteiger partial charge in [0.05, 0.1) is 0 Å². The quantitative estimate of drug-likeness (QED) is 0.742. The average Bonchev–Trinajstić information content (AvgIpc) is 2.24. The molecule has 0 aliphatic carbocycles. The number of piperidine rings is 1. The zero-order valence-electron chi connectivity index (χ0n) is 11.2. The van der Waals surface area contributed by atoms with Crippen LogP contribution in [-0.2, 0) is 4.74 Å². The van der Waals surface area contributed by atoms with Crippen LogP contribution in [-0.4, -0.2) is 35.0 Å². The summed E-state index contributed by atoms with van der Waals surface area (Å²) < 4.78 is 5.41. The van der Waals surface area contributed by atoms with E-state index in [4.69, 9.17) is 4.74 Å². The third kappa shape index (κ3) is 5.75. The van der Waals surface area contributed by atoms with Crippen molar-refractivity contribution in [2.45, 2.75) is 52.1 Å². The fourth-order valence-corrected chi connectivity index (χ4v) is 2.48. The molecule has 0 unspecified atom stereocenters. The summed E-state index contributed by atoms with van der Waals surface area (Å²) >= 11 is 3.45. The minimum Gasteiger partial charge on any atom is -0.444 e. The van der Waals surface area contributed by atoms with E-state index in [1.165, 1.54) is 19.3 Å². The molecule has 1 aliphatic heterocycles. The van der Waals surface area contributed by atoms with E-state index in [0.29, 0.717) is 5.92 Å². The summed E-state index contributed by atoms with van der Waals surface area (Å²) in [5.41, 5.74) is -0.389. The normalized spacial score (nSPS) is 21.4. The molecule has 0 saturated carbocycles. The molecule has 0 aromatic rings. The van der Waals surface area contributed by atoms with E-state index in [-0.39, 0.29) is 11.7 Å². The molecule has 3 nitrogen and oxygen atoms in total. The van der Waals surface area contributed by atoms with Gasteiger partial charge in [0.25, 0.3) is 0 Å². The first-order chi connectivity index (χ1) is 7.92. The average molecular weight is 306 g/mol. The van der Waals surface area contributed by atoms with Crippen LogP contribution in [0, 0.1) is 5.92 Å². The number of carbonyl (C=O) groups excluding carboxylic acids is 1. The Morgan fingerprint density at radius 1 is 1.47 bits per heavy atom. The zero-order valence-corrected chi connectivity index (χ0v) is 12.8. The van der Waals surface area contributed by atoms with E-state index in [1.807, 2.05) is 25.7 Å². The van der Waals surface area contributed by atoms with Crippen LogP contribution in [0.4, 0.5) is 4.79 Å². The van der Waals surface area contributed by atoms with Crippen LogP contribution in [0.3, 0.4) is 0 Å². The highest BCUT2D eigenvalue weighted by Crippen LogP contribution is 2.22. The van der Waals surface area contributed by atoms with Crippen molar-refractivity contribution < 1.29 is 9.53 Å². The summed E-state index contributed by atoms with van der Waals surface area (Å²) in [7, 11) is 0. The minimum atomic E-state index is -0.389. The van der Waals surface area contributed by atoms with E-state index in [2.05, 4.69) is 15.9 Å². The van der Waals surface area contributed by atoms with Crippen LogP contribution in [0.2, 0.25) is 0 Å². The second-order valence-electron chi connectivity index (χ2n) is 5.77. The Morgan fingerprint density at radius 3 is 2.76 bits per heavy atom. The van der Waals surface area contributed by atoms with Crippen molar-refractivity contribution >= 4 is 22.0 Å². The first kappa shape index (κ1) is 14.8. The van der Waals surface area contributed by atoms with Gasteiger partial charge in [0.15, 0.2) is 0 Å². The highest BCUT2D eigenvalue weighted by molar-refractivity contribution is 9.09. The van der Waals surface area contributed by atoms with Crippen LogP contribution < -0.4 is 0 Å². The number of amides is 1. The summed E-state index contributed by atoms with van der Waals surface area (Å²) in [4.78, 5) is 13.8. The molecule has 4 heteroatoms. The number of carbonyl (C=O) groups is 1. The molecule has 1 aliphatic rings. The summed E-state index contributed by atoms with van der Waals surface area (Å²) in [6.45, 7) is 7.45. The first-order valence-electron chi connectivity index (χ1n) is 6.46. The zero-order chi connectivity index (χ0) is 12.9. The SMILES string of the molecule is CC(C)(C)OC(=O)N1CCC[C@@H](CCCBr)C1. The Balaban J connectivity index is 2.40. The first-order valence-corrected chi connectivity index (χ1v) is 7.58. The van der Waals surface area contributed by atoms with Gasteiger partial charge in [-0.15, -0.1) is 0 Å². The highest BCUT2D eigenvalue weighted by Gasteiger charge is 2.27. The number of hydrogen-bond acceptors (Lipinski definition) is 2.